The zero-order valence-corrected chi connectivity index (χ0v) is 15.7. The van der Waals surface area contributed by atoms with Gasteiger partial charge in [-0.25, -0.2) is 14.4 Å². The molecule has 1 aliphatic heterocycles. The summed E-state index contributed by atoms with van der Waals surface area (Å²) in [6.45, 7) is 3.85. The smallest absolute Gasteiger partial charge is 0.275 e. The fourth-order valence-corrected chi connectivity index (χ4v) is 3.90. The third-order valence-electron chi connectivity index (χ3n) is 4.60. The number of rotatable bonds is 4. The molecule has 0 saturated carbocycles. The van der Waals surface area contributed by atoms with Crippen molar-refractivity contribution >= 4 is 28.7 Å². The molecule has 0 unspecified atom stereocenters. The third-order valence-corrected chi connectivity index (χ3v) is 5.49. The highest BCUT2D eigenvalue weighted by Crippen LogP contribution is 2.26. The normalized spacial score (nSPS) is 13.8. The highest BCUT2D eigenvalue weighted by Gasteiger charge is 2.16. The van der Waals surface area contributed by atoms with Crippen molar-refractivity contribution in [1.82, 2.24) is 9.97 Å². The van der Waals surface area contributed by atoms with Crippen LogP contribution in [-0.4, -0.2) is 29.0 Å². The first kappa shape index (κ1) is 17.6. The number of nitrogens with zero attached hydrogens (tertiary/aromatic N) is 3. The van der Waals surface area contributed by atoms with E-state index in [2.05, 4.69) is 20.2 Å². The molecule has 1 fully saturated rings. The van der Waals surface area contributed by atoms with Crippen molar-refractivity contribution in [3.05, 3.63) is 59.0 Å². The molecule has 1 saturated heterocycles. The Labute approximate surface area is 160 Å². The van der Waals surface area contributed by atoms with Crippen molar-refractivity contribution in [2.75, 3.05) is 23.3 Å². The van der Waals surface area contributed by atoms with Gasteiger partial charge in [-0.05, 0) is 55.7 Å². The Hall–Kier alpha value is -2.80. The Morgan fingerprint density at radius 2 is 2.04 bits per heavy atom. The van der Waals surface area contributed by atoms with Crippen LogP contribution in [0.25, 0.3) is 10.6 Å². The van der Waals surface area contributed by atoms with E-state index in [9.17, 15) is 9.18 Å². The highest BCUT2D eigenvalue weighted by atomic mass is 32.1. The molecule has 2 aromatic heterocycles. The molecule has 27 heavy (non-hydrogen) atoms. The number of carbonyl (C=O) groups is 1. The maximum absolute atomic E-state index is 13.2. The quantitative estimate of drug-likeness (QED) is 0.722. The summed E-state index contributed by atoms with van der Waals surface area (Å²) in [4.78, 5) is 23.7. The minimum atomic E-state index is -0.327. The number of aryl methyl sites for hydroxylation is 1. The number of anilines is 2. The lowest BCUT2D eigenvalue weighted by atomic mass is 10.2. The van der Waals surface area contributed by atoms with Gasteiger partial charge in [0.25, 0.3) is 5.91 Å². The molecule has 0 spiro atoms. The Kier molecular flexibility index (Phi) is 4.85. The molecule has 0 bridgehead atoms. The summed E-state index contributed by atoms with van der Waals surface area (Å²) < 4.78 is 13.2. The second-order valence-electron chi connectivity index (χ2n) is 6.55. The van der Waals surface area contributed by atoms with Crippen LogP contribution in [0.2, 0.25) is 0 Å². The molecule has 3 heterocycles. The van der Waals surface area contributed by atoms with Gasteiger partial charge < -0.3 is 10.2 Å². The summed E-state index contributed by atoms with van der Waals surface area (Å²) in [7, 11) is 0. The van der Waals surface area contributed by atoms with Crippen molar-refractivity contribution < 1.29 is 9.18 Å². The van der Waals surface area contributed by atoms with Crippen molar-refractivity contribution in [3.63, 3.8) is 0 Å². The Morgan fingerprint density at radius 1 is 1.22 bits per heavy atom. The fraction of sp³-hybridized carbons (Fsp3) is 0.250. The lowest BCUT2D eigenvalue weighted by Crippen LogP contribution is -2.18. The number of nitrogens with one attached hydrogen (secondary N) is 1. The van der Waals surface area contributed by atoms with Gasteiger partial charge in [-0.2, -0.15) is 0 Å². The van der Waals surface area contributed by atoms with Gasteiger partial charge in [-0.15, -0.1) is 11.3 Å². The summed E-state index contributed by atoms with van der Waals surface area (Å²) in [6, 6.07) is 8.25. The number of benzene rings is 1. The number of hydrogen-bond acceptors (Lipinski definition) is 5. The topological polar surface area (TPSA) is 58.1 Å². The molecule has 7 heteroatoms. The first-order valence-electron chi connectivity index (χ1n) is 8.84. The predicted molar refractivity (Wildman–Crippen MR) is 106 cm³/mol. The molecule has 5 nitrogen and oxygen atoms in total. The number of thiazole rings is 1. The monoisotopic (exact) mass is 382 g/mol. The molecule has 4 rings (SSSR count). The lowest BCUT2D eigenvalue weighted by Gasteiger charge is -2.15. The number of amides is 1. The van der Waals surface area contributed by atoms with Crippen LogP contribution in [0.3, 0.4) is 0 Å². The van der Waals surface area contributed by atoms with E-state index in [4.69, 9.17) is 0 Å². The average Bonchev–Trinajstić information content (AvgIpc) is 3.36. The van der Waals surface area contributed by atoms with Gasteiger partial charge >= 0.3 is 0 Å². The number of hydrogen-bond donors (Lipinski definition) is 1. The number of halogens is 1. The minimum Gasteiger partial charge on any atom is -0.357 e. The van der Waals surface area contributed by atoms with Crippen LogP contribution in [0, 0.1) is 12.7 Å². The van der Waals surface area contributed by atoms with E-state index in [1.165, 1.54) is 36.3 Å². The van der Waals surface area contributed by atoms with Crippen molar-refractivity contribution in [1.29, 1.82) is 0 Å². The molecular formula is C20H19FN4OS. The first-order valence-corrected chi connectivity index (χ1v) is 9.72. The number of carbonyl (C=O) groups excluding carboxylic acids is 1. The van der Waals surface area contributed by atoms with Crippen LogP contribution in [0.15, 0.2) is 41.9 Å². The number of pyridine rings is 1. The van der Waals surface area contributed by atoms with E-state index < -0.39 is 0 Å². The molecule has 0 radical (unpaired) electrons. The summed E-state index contributed by atoms with van der Waals surface area (Å²) in [5.41, 5.74) is 2.47. The summed E-state index contributed by atoms with van der Waals surface area (Å²) in [5.74, 6) is 0.345. The highest BCUT2D eigenvalue weighted by molar-refractivity contribution is 7.13. The second kappa shape index (κ2) is 7.44. The van der Waals surface area contributed by atoms with Crippen LogP contribution in [0.1, 0.15) is 28.9 Å². The molecule has 0 aliphatic carbocycles. The zero-order valence-electron chi connectivity index (χ0n) is 14.9. The van der Waals surface area contributed by atoms with Gasteiger partial charge in [0.1, 0.15) is 22.3 Å². The van der Waals surface area contributed by atoms with Crippen LogP contribution in [0.4, 0.5) is 15.9 Å². The van der Waals surface area contributed by atoms with Gasteiger partial charge in [-0.1, -0.05) is 0 Å². The SMILES string of the molecule is Cc1cc(F)ccc1NC(=O)c1csc(-c2ccc(N3CCCC3)nc2)n1. The largest absolute Gasteiger partial charge is 0.357 e. The Morgan fingerprint density at radius 3 is 2.74 bits per heavy atom. The van der Waals surface area contributed by atoms with E-state index in [0.29, 0.717) is 16.9 Å². The minimum absolute atomic E-state index is 0.311. The van der Waals surface area contributed by atoms with E-state index in [-0.39, 0.29) is 11.7 Å². The lowest BCUT2D eigenvalue weighted by molar-refractivity contribution is 0.102. The van der Waals surface area contributed by atoms with Crippen molar-refractivity contribution in [2.24, 2.45) is 0 Å². The fourth-order valence-electron chi connectivity index (χ4n) is 3.11. The molecule has 138 valence electrons. The van der Waals surface area contributed by atoms with Gasteiger partial charge in [0, 0.05) is 35.9 Å². The summed E-state index contributed by atoms with van der Waals surface area (Å²) in [5, 5.41) is 5.25. The molecule has 1 aliphatic rings. The van der Waals surface area contributed by atoms with E-state index >= 15 is 0 Å². The molecular weight excluding hydrogens is 363 g/mol. The molecule has 3 aromatic rings. The van der Waals surface area contributed by atoms with Crippen LogP contribution in [0.5, 0.6) is 0 Å². The molecule has 0 atom stereocenters. The third kappa shape index (κ3) is 3.83. The maximum Gasteiger partial charge on any atom is 0.275 e. The maximum atomic E-state index is 13.2. The van der Waals surface area contributed by atoms with Crippen molar-refractivity contribution in [2.45, 2.75) is 19.8 Å². The van der Waals surface area contributed by atoms with Gasteiger partial charge in [0.2, 0.25) is 0 Å². The van der Waals surface area contributed by atoms with Gasteiger partial charge in [-0.3, -0.25) is 4.79 Å². The first-order chi connectivity index (χ1) is 13.1. The summed E-state index contributed by atoms with van der Waals surface area (Å²) in [6.07, 6.45) is 4.22. The molecule has 1 aromatic carbocycles. The average molecular weight is 382 g/mol. The summed E-state index contributed by atoms with van der Waals surface area (Å²) >= 11 is 1.40. The zero-order chi connectivity index (χ0) is 18.8. The Balaban J connectivity index is 1.48. The van der Waals surface area contributed by atoms with E-state index in [1.54, 1.807) is 24.6 Å². The molecule has 1 amide bonds. The van der Waals surface area contributed by atoms with E-state index in [1.807, 2.05) is 12.1 Å². The van der Waals surface area contributed by atoms with Crippen LogP contribution in [-0.2, 0) is 0 Å². The van der Waals surface area contributed by atoms with Crippen LogP contribution < -0.4 is 10.2 Å². The second-order valence-corrected chi connectivity index (χ2v) is 7.41. The number of aromatic nitrogens is 2. The standard InChI is InChI=1S/C20H19FN4OS/c1-13-10-15(21)5-6-16(13)23-19(26)17-12-27-20(24-17)14-4-7-18(22-11-14)25-8-2-3-9-25/h4-7,10-12H,2-3,8-9H2,1H3,(H,23,26). The molecule has 1 N–H and O–H groups in total. The van der Waals surface area contributed by atoms with Crippen LogP contribution >= 0.6 is 11.3 Å². The van der Waals surface area contributed by atoms with Gasteiger partial charge in [0.15, 0.2) is 0 Å². The van der Waals surface area contributed by atoms with Crippen molar-refractivity contribution in [3.8, 4) is 10.6 Å². The van der Waals surface area contributed by atoms with E-state index in [0.717, 1.165) is 29.5 Å². The Bertz CT molecular complexity index is 964. The predicted octanol–water partition coefficient (Wildman–Crippen LogP) is 4.51. The van der Waals surface area contributed by atoms with Gasteiger partial charge in [0.05, 0.1) is 0 Å².